The fourth-order valence-corrected chi connectivity index (χ4v) is 10.7. The van der Waals surface area contributed by atoms with E-state index < -0.39 is 11.7 Å². The van der Waals surface area contributed by atoms with Gasteiger partial charge in [-0.2, -0.15) is 28.1 Å². The Morgan fingerprint density at radius 2 is 0.855 bits per heavy atom. The van der Waals surface area contributed by atoms with Crippen LogP contribution in [0.5, 0.6) is 0 Å². The molecule has 10 heteroatoms. The van der Waals surface area contributed by atoms with Gasteiger partial charge in [0.2, 0.25) is 11.9 Å². The van der Waals surface area contributed by atoms with Crippen molar-refractivity contribution in [3.63, 3.8) is 0 Å². The average Bonchev–Trinajstić information content (AvgIpc) is 4.05. The zero-order valence-corrected chi connectivity index (χ0v) is 33.3. The van der Waals surface area contributed by atoms with Crippen LogP contribution in [0.25, 0.3) is 115 Å². The number of halogens is 3. The molecule has 0 saturated carbocycles. The third-order valence-corrected chi connectivity index (χ3v) is 13.3. The van der Waals surface area contributed by atoms with E-state index in [0.29, 0.717) is 11.0 Å². The van der Waals surface area contributed by atoms with Gasteiger partial charge in [0.15, 0.2) is 5.82 Å². The maximum absolute atomic E-state index is 15.8. The fraction of sp³-hybridized carbons (Fsp3) is 0.0192. The molecule has 5 heterocycles. The van der Waals surface area contributed by atoms with Gasteiger partial charge in [-0.05, 0) is 66.7 Å². The number of hydrogen-bond donors (Lipinski definition) is 0. The quantitative estimate of drug-likeness (QED) is 0.178. The largest absolute Gasteiger partial charge is 0.418 e. The van der Waals surface area contributed by atoms with E-state index in [1.54, 1.807) is 28.0 Å². The van der Waals surface area contributed by atoms with Crippen LogP contribution in [0.2, 0.25) is 0 Å². The molecule has 0 amide bonds. The summed E-state index contributed by atoms with van der Waals surface area (Å²) in [5, 5.41) is 7.97. The number of benzene rings is 8. The molecule has 0 unspecified atom stereocenters. The van der Waals surface area contributed by atoms with Crippen molar-refractivity contribution in [2.45, 2.75) is 6.18 Å². The molecule has 0 aliphatic heterocycles. The molecule has 8 aromatic carbocycles. The number of nitrogens with zero attached hydrogens (tertiary/aromatic N) is 6. The lowest BCUT2D eigenvalue weighted by Crippen LogP contribution is -2.13. The summed E-state index contributed by atoms with van der Waals surface area (Å²) in [4.78, 5) is 15.2. The maximum atomic E-state index is 15.8. The highest BCUT2D eigenvalue weighted by molar-refractivity contribution is 7.26. The van der Waals surface area contributed by atoms with Crippen molar-refractivity contribution >= 4 is 96.9 Å². The molecule has 0 fully saturated rings. The van der Waals surface area contributed by atoms with Crippen molar-refractivity contribution in [2.24, 2.45) is 0 Å². The first kappa shape index (κ1) is 35.0. The SMILES string of the molecule is FC(F)(F)c1cc(-c2nc(-n3c4ccccc4c4ccccc43)nc(-n3c4ccccc4c4ccccc43)n2)ccc1-n1c2ccccc2c2c3c(ccc21)sc1ccccc13. The summed E-state index contributed by atoms with van der Waals surface area (Å²) in [6, 6.07) is 56.4. The number of fused-ring (bicyclic) bond motifs is 13. The summed E-state index contributed by atoms with van der Waals surface area (Å²) in [5.41, 5.74) is 4.27. The standard InChI is InChI=1S/C52H29F3N6S/c53-52(54,55)37-29-30(25-26-43(37)59-42-23-11-5-17-35(42)47-44(59)27-28-46-48(47)36-18-6-12-24-45(36)62-46)49-56-50(60-38-19-7-1-13-31(38)32-14-2-8-20-39(32)60)58-51(57-49)61-40-21-9-3-15-33(40)34-16-4-10-22-41(34)61/h1-29H. The molecule has 6 nitrogen and oxygen atoms in total. The minimum atomic E-state index is -4.74. The molecule has 0 atom stereocenters. The van der Waals surface area contributed by atoms with Crippen LogP contribution < -0.4 is 0 Å². The van der Waals surface area contributed by atoms with Crippen LogP contribution in [0.15, 0.2) is 176 Å². The van der Waals surface area contributed by atoms with Crippen molar-refractivity contribution in [2.75, 3.05) is 0 Å². The first-order chi connectivity index (χ1) is 30.4. The number of thiophene rings is 1. The molecule has 13 rings (SSSR count). The smallest absolute Gasteiger partial charge is 0.309 e. The summed E-state index contributed by atoms with van der Waals surface area (Å²) in [5.74, 6) is 0.687. The van der Waals surface area contributed by atoms with Gasteiger partial charge in [-0.3, -0.25) is 9.13 Å². The zero-order chi connectivity index (χ0) is 41.3. The molecule has 0 bridgehead atoms. The molecule has 13 aromatic rings. The summed E-state index contributed by atoms with van der Waals surface area (Å²) in [6.07, 6.45) is -4.74. The van der Waals surface area contributed by atoms with Crippen molar-refractivity contribution < 1.29 is 13.2 Å². The molecule has 0 aliphatic carbocycles. The molecule has 0 saturated heterocycles. The van der Waals surface area contributed by atoms with E-state index in [2.05, 4.69) is 36.4 Å². The van der Waals surface area contributed by atoms with Crippen LogP contribution >= 0.6 is 11.3 Å². The summed E-state index contributed by atoms with van der Waals surface area (Å²) in [6.45, 7) is 0. The fourth-order valence-electron chi connectivity index (χ4n) is 9.59. The van der Waals surface area contributed by atoms with Crippen molar-refractivity contribution in [3.8, 4) is 29.0 Å². The maximum Gasteiger partial charge on any atom is 0.418 e. The minimum Gasteiger partial charge on any atom is -0.309 e. The molecule has 0 N–H and O–H groups in total. The third kappa shape index (κ3) is 4.95. The lowest BCUT2D eigenvalue weighted by atomic mass is 10.1. The Labute approximate surface area is 354 Å². The predicted molar refractivity (Wildman–Crippen MR) is 246 cm³/mol. The van der Waals surface area contributed by atoms with E-state index in [4.69, 9.17) is 15.0 Å². The van der Waals surface area contributed by atoms with Crippen LogP contribution in [-0.2, 0) is 6.18 Å². The Kier molecular flexibility index (Phi) is 7.25. The molecule has 5 aromatic heterocycles. The van der Waals surface area contributed by atoms with Crippen LogP contribution in [0.1, 0.15) is 5.56 Å². The second kappa shape index (κ2) is 12.8. The highest BCUT2D eigenvalue weighted by Crippen LogP contribution is 2.46. The molecule has 62 heavy (non-hydrogen) atoms. The van der Waals surface area contributed by atoms with Gasteiger partial charge < -0.3 is 4.57 Å². The number of alkyl halides is 3. The van der Waals surface area contributed by atoms with Crippen molar-refractivity contribution in [1.82, 2.24) is 28.7 Å². The van der Waals surface area contributed by atoms with E-state index in [-0.39, 0.29) is 29.0 Å². The number of hydrogen-bond acceptors (Lipinski definition) is 4. The van der Waals surface area contributed by atoms with E-state index in [9.17, 15) is 0 Å². The third-order valence-electron chi connectivity index (χ3n) is 12.1. The van der Waals surface area contributed by atoms with E-state index in [1.165, 1.54) is 6.07 Å². The van der Waals surface area contributed by atoms with Crippen LogP contribution in [0, 0.1) is 0 Å². The Hall–Kier alpha value is -7.82. The van der Waals surface area contributed by atoms with Gasteiger partial charge in [0.1, 0.15) is 0 Å². The lowest BCUT2D eigenvalue weighted by Gasteiger charge is -2.18. The van der Waals surface area contributed by atoms with Gasteiger partial charge in [-0.15, -0.1) is 11.3 Å². The Bertz CT molecular complexity index is 3760. The van der Waals surface area contributed by atoms with Crippen LogP contribution in [-0.4, -0.2) is 28.7 Å². The molecule has 294 valence electrons. The normalized spacial score (nSPS) is 12.4. The first-order valence-electron chi connectivity index (χ1n) is 20.2. The van der Waals surface area contributed by atoms with Gasteiger partial charge in [-0.1, -0.05) is 109 Å². The van der Waals surface area contributed by atoms with Gasteiger partial charge >= 0.3 is 6.18 Å². The number of rotatable bonds is 4. The number of aromatic nitrogens is 6. The highest BCUT2D eigenvalue weighted by Gasteiger charge is 2.36. The summed E-state index contributed by atoms with van der Waals surface area (Å²) in [7, 11) is 0. The topological polar surface area (TPSA) is 53.5 Å². The highest BCUT2D eigenvalue weighted by atomic mass is 32.1. The summed E-state index contributed by atoms with van der Waals surface area (Å²) < 4.78 is 55.2. The Morgan fingerprint density at radius 3 is 1.39 bits per heavy atom. The molecular formula is C52H29F3N6S. The molecule has 0 radical (unpaired) electrons. The van der Waals surface area contributed by atoms with Gasteiger partial charge in [0, 0.05) is 58.1 Å². The Morgan fingerprint density at radius 1 is 0.387 bits per heavy atom. The monoisotopic (exact) mass is 826 g/mol. The first-order valence-corrected chi connectivity index (χ1v) is 21.0. The van der Waals surface area contributed by atoms with E-state index in [1.807, 2.05) is 130 Å². The van der Waals surface area contributed by atoms with Gasteiger partial charge in [0.05, 0.1) is 44.4 Å². The lowest BCUT2D eigenvalue weighted by molar-refractivity contribution is -0.137. The molecular weight excluding hydrogens is 798 g/mol. The van der Waals surface area contributed by atoms with Crippen molar-refractivity contribution in [1.29, 1.82) is 0 Å². The van der Waals surface area contributed by atoms with Gasteiger partial charge in [-0.25, -0.2) is 0 Å². The average molecular weight is 827 g/mol. The van der Waals surface area contributed by atoms with Crippen LogP contribution in [0.3, 0.4) is 0 Å². The Balaban J connectivity index is 1.10. The van der Waals surface area contributed by atoms with Crippen molar-refractivity contribution in [3.05, 3.63) is 181 Å². The number of para-hydroxylation sites is 5. The minimum absolute atomic E-state index is 0.0191. The van der Waals surface area contributed by atoms with Crippen LogP contribution in [0.4, 0.5) is 13.2 Å². The zero-order valence-electron chi connectivity index (χ0n) is 32.5. The second-order valence-corrected chi connectivity index (χ2v) is 16.6. The molecule has 0 aliphatic rings. The second-order valence-electron chi connectivity index (χ2n) is 15.5. The molecule has 0 spiro atoms. The predicted octanol–water partition coefficient (Wildman–Crippen LogP) is 14.2. The summed E-state index contributed by atoms with van der Waals surface area (Å²) >= 11 is 1.69. The van der Waals surface area contributed by atoms with Gasteiger partial charge in [0.25, 0.3) is 0 Å². The van der Waals surface area contributed by atoms with E-state index >= 15 is 13.2 Å². The van der Waals surface area contributed by atoms with E-state index in [0.717, 1.165) is 74.6 Å².